The van der Waals surface area contributed by atoms with Gasteiger partial charge in [0.2, 0.25) is 15.7 Å². The van der Waals surface area contributed by atoms with Crippen molar-refractivity contribution >= 4 is 33.0 Å². The first-order valence-corrected chi connectivity index (χ1v) is 9.46. The van der Waals surface area contributed by atoms with E-state index in [0.717, 1.165) is 12.1 Å². The second-order valence-corrected chi connectivity index (χ2v) is 8.03. The van der Waals surface area contributed by atoms with Crippen LogP contribution in [0.2, 0.25) is 5.02 Å². The van der Waals surface area contributed by atoms with Gasteiger partial charge in [0, 0.05) is 17.3 Å². The molecule has 2 rings (SSSR count). The smallest absolute Gasteiger partial charge is 0.325 e. The molecule has 0 fully saturated rings. The molecule has 1 amide bonds. The molecule has 2 aromatic rings. The van der Waals surface area contributed by atoms with Gasteiger partial charge < -0.3 is 5.32 Å². The van der Waals surface area contributed by atoms with Crippen LogP contribution in [0, 0.1) is 0 Å². The van der Waals surface area contributed by atoms with Gasteiger partial charge in [-0.2, -0.15) is 8.78 Å². The average Bonchev–Trinajstić information content (AvgIpc) is 2.54. The summed E-state index contributed by atoms with van der Waals surface area (Å²) in [7, 11) is -2.89. The fourth-order valence-electron chi connectivity index (χ4n) is 2.27. The summed E-state index contributed by atoms with van der Waals surface area (Å²) in [5, 5.41) is 3.22. The number of rotatable bonds is 7. The van der Waals surface area contributed by atoms with E-state index in [-0.39, 0.29) is 12.5 Å². The lowest BCUT2D eigenvalue weighted by Gasteiger charge is -2.16. The molecule has 0 heterocycles. The van der Waals surface area contributed by atoms with E-state index in [0.29, 0.717) is 22.8 Å². The maximum atomic E-state index is 12.5. The Balaban J connectivity index is 1.93. The van der Waals surface area contributed by atoms with Crippen LogP contribution in [0.3, 0.4) is 0 Å². The molecule has 0 bridgehead atoms. The number of carbonyl (C=O) groups excluding carboxylic acids is 1. The van der Waals surface area contributed by atoms with Gasteiger partial charge in [-0.25, -0.2) is 8.42 Å². The van der Waals surface area contributed by atoms with Crippen LogP contribution in [-0.2, 0) is 21.2 Å². The van der Waals surface area contributed by atoms with Gasteiger partial charge in [0.25, 0.3) is 0 Å². The number of benzene rings is 2. The minimum absolute atomic E-state index is 0.0869. The van der Waals surface area contributed by atoms with Crippen LogP contribution in [0.5, 0.6) is 0 Å². The lowest BCUT2D eigenvalue weighted by Crippen LogP contribution is -2.29. The number of nitrogens with zero attached hydrogens (tertiary/aromatic N) is 1. The third-order valence-electron chi connectivity index (χ3n) is 3.46. The van der Waals surface area contributed by atoms with E-state index in [1.165, 1.54) is 12.1 Å². The Morgan fingerprint density at radius 3 is 2.42 bits per heavy atom. The molecule has 1 N–H and O–H groups in total. The summed E-state index contributed by atoms with van der Waals surface area (Å²) < 4.78 is 47.8. The molecule has 0 spiro atoms. The number of likely N-dealkylation sites (N-methyl/N-ethyl adjacent to an activating group) is 1. The van der Waals surface area contributed by atoms with Crippen LogP contribution in [-0.4, -0.2) is 38.6 Å². The van der Waals surface area contributed by atoms with Crippen molar-refractivity contribution in [2.45, 2.75) is 17.2 Å². The molecule has 5 nitrogen and oxygen atoms in total. The van der Waals surface area contributed by atoms with E-state index >= 15 is 0 Å². The van der Waals surface area contributed by atoms with Crippen molar-refractivity contribution in [3.8, 4) is 0 Å². The van der Waals surface area contributed by atoms with E-state index in [9.17, 15) is 22.0 Å². The van der Waals surface area contributed by atoms with Crippen LogP contribution < -0.4 is 5.32 Å². The summed E-state index contributed by atoms with van der Waals surface area (Å²) in [6.45, 7) is 0.432. The monoisotopic (exact) mass is 402 g/mol. The molecular formula is C17H17ClF2N2O3S. The first-order valence-electron chi connectivity index (χ1n) is 7.53. The fourth-order valence-corrected chi connectivity index (χ4v) is 3.18. The maximum absolute atomic E-state index is 12.5. The van der Waals surface area contributed by atoms with E-state index in [2.05, 4.69) is 5.32 Å². The van der Waals surface area contributed by atoms with Crippen molar-refractivity contribution in [3.05, 3.63) is 59.1 Å². The molecule has 2 aromatic carbocycles. The van der Waals surface area contributed by atoms with Gasteiger partial charge in [0.05, 0.1) is 11.4 Å². The van der Waals surface area contributed by atoms with Crippen LogP contribution in [0.25, 0.3) is 0 Å². The first-order chi connectivity index (χ1) is 12.2. The van der Waals surface area contributed by atoms with Crippen molar-refractivity contribution in [3.63, 3.8) is 0 Å². The third kappa shape index (κ3) is 5.48. The normalized spacial score (nSPS) is 11.8. The highest BCUT2D eigenvalue weighted by Gasteiger charge is 2.26. The van der Waals surface area contributed by atoms with Crippen molar-refractivity contribution in [1.82, 2.24) is 4.90 Å². The van der Waals surface area contributed by atoms with Gasteiger partial charge in [-0.15, -0.1) is 0 Å². The summed E-state index contributed by atoms with van der Waals surface area (Å²) >= 11 is 5.85. The minimum Gasteiger partial charge on any atom is -0.325 e. The number of carbonyl (C=O) groups is 1. The molecule has 9 heteroatoms. The van der Waals surface area contributed by atoms with Gasteiger partial charge in [-0.05, 0) is 42.9 Å². The first kappa shape index (κ1) is 20.3. The number of halogens is 3. The Hall–Kier alpha value is -2.03. The molecule has 0 aromatic heterocycles. The Morgan fingerprint density at radius 1 is 1.19 bits per heavy atom. The zero-order valence-electron chi connectivity index (χ0n) is 13.8. The van der Waals surface area contributed by atoms with Crippen LogP contribution in [0.4, 0.5) is 14.5 Å². The molecule has 0 radical (unpaired) electrons. The quantitative estimate of drug-likeness (QED) is 0.770. The van der Waals surface area contributed by atoms with Gasteiger partial charge >= 0.3 is 5.76 Å². The zero-order valence-corrected chi connectivity index (χ0v) is 15.4. The molecule has 0 atom stereocenters. The topological polar surface area (TPSA) is 66.5 Å². The predicted molar refractivity (Wildman–Crippen MR) is 96.0 cm³/mol. The van der Waals surface area contributed by atoms with Crippen molar-refractivity contribution in [2.24, 2.45) is 0 Å². The number of nitrogens with one attached hydrogen (secondary N) is 1. The summed E-state index contributed by atoms with van der Waals surface area (Å²) in [5.74, 6) is -3.70. The zero-order chi connectivity index (χ0) is 19.3. The Kier molecular flexibility index (Phi) is 6.69. The number of alkyl halides is 2. The molecule has 26 heavy (non-hydrogen) atoms. The number of hydrogen-bond acceptors (Lipinski definition) is 4. The summed E-state index contributed by atoms with van der Waals surface area (Å²) in [5.41, 5.74) is 1.27. The number of anilines is 1. The number of hydrogen-bond donors (Lipinski definition) is 1. The van der Waals surface area contributed by atoms with E-state index in [4.69, 9.17) is 11.6 Å². The maximum Gasteiger partial charge on any atom is 0.341 e. The molecular weight excluding hydrogens is 386 g/mol. The largest absolute Gasteiger partial charge is 0.341 e. The molecule has 0 saturated heterocycles. The van der Waals surface area contributed by atoms with Gasteiger partial charge in [-0.1, -0.05) is 29.8 Å². The third-order valence-corrected chi connectivity index (χ3v) is 5.09. The highest BCUT2D eigenvalue weighted by Crippen LogP contribution is 2.19. The number of amides is 1. The fraction of sp³-hybridized carbons (Fsp3) is 0.235. The molecule has 0 aliphatic carbocycles. The predicted octanol–water partition coefficient (Wildman–Crippen LogP) is 3.41. The lowest BCUT2D eigenvalue weighted by molar-refractivity contribution is -0.117. The Morgan fingerprint density at radius 2 is 1.85 bits per heavy atom. The summed E-state index contributed by atoms with van der Waals surface area (Å²) in [6, 6.07) is 11.9. The summed E-state index contributed by atoms with van der Waals surface area (Å²) in [4.78, 5) is 13.3. The highest BCUT2D eigenvalue weighted by molar-refractivity contribution is 7.91. The average molecular weight is 403 g/mol. The van der Waals surface area contributed by atoms with E-state index < -0.39 is 20.5 Å². The van der Waals surface area contributed by atoms with Crippen LogP contribution >= 0.6 is 11.6 Å². The van der Waals surface area contributed by atoms with E-state index in [1.54, 1.807) is 36.2 Å². The highest BCUT2D eigenvalue weighted by atomic mass is 35.5. The van der Waals surface area contributed by atoms with Crippen molar-refractivity contribution in [1.29, 1.82) is 0 Å². The van der Waals surface area contributed by atoms with Crippen LogP contribution in [0.1, 0.15) is 5.56 Å². The second kappa shape index (κ2) is 8.57. The van der Waals surface area contributed by atoms with Crippen molar-refractivity contribution < 1.29 is 22.0 Å². The molecule has 0 unspecified atom stereocenters. The lowest BCUT2D eigenvalue weighted by atomic mass is 10.2. The SMILES string of the molecule is CN(CC(=O)Nc1cccc(Cl)c1)Cc1ccc(S(=O)(=O)C(F)F)cc1. The van der Waals surface area contributed by atoms with Crippen LogP contribution in [0.15, 0.2) is 53.4 Å². The molecule has 0 aliphatic rings. The molecule has 0 aliphatic heterocycles. The molecule has 140 valence electrons. The Bertz CT molecular complexity index is 874. The Labute approximate surface area is 155 Å². The second-order valence-electron chi connectivity index (χ2n) is 5.68. The minimum atomic E-state index is -4.60. The van der Waals surface area contributed by atoms with E-state index in [1.807, 2.05) is 0 Å². The van der Waals surface area contributed by atoms with Gasteiger partial charge in [0.1, 0.15) is 0 Å². The standard InChI is InChI=1S/C17H17ClF2N2O3S/c1-22(11-16(23)21-14-4-2-3-13(18)9-14)10-12-5-7-15(8-6-12)26(24,25)17(19)20/h2-9,17H,10-11H2,1H3,(H,21,23). The van der Waals surface area contributed by atoms with Crippen molar-refractivity contribution in [2.75, 3.05) is 18.9 Å². The van der Waals surface area contributed by atoms with Gasteiger partial charge in [-0.3, -0.25) is 9.69 Å². The van der Waals surface area contributed by atoms with Gasteiger partial charge in [0.15, 0.2) is 0 Å². The number of sulfone groups is 1. The summed E-state index contributed by atoms with van der Waals surface area (Å²) in [6.07, 6.45) is 0. The molecule has 0 saturated carbocycles.